The van der Waals surface area contributed by atoms with Crippen molar-refractivity contribution in [2.45, 2.75) is 4.90 Å². The molecule has 8 heteroatoms. The van der Waals surface area contributed by atoms with Crippen molar-refractivity contribution in [1.29, 1.82) is 0 Å². The van der Waals surface area contributed by atoms with Crippen LogP contribution in [0.3, 0.4) is 0 Å². The van der Waals surface area contributed by atoms with Gasteiger partial charge < -0.3 is 4.74 Å². The summed E-state index contributed by atoms with van der Waals surface area (Å²) >= 11 is 5.51. The number of halogens is 1. The Balaban J connectivity index is 2.28. The Kier molecular flexibility index (Phi) is 3.87. The number of benzene rings is 1. The van der Waals surface area contributed by atoms with Crippen LogP contribution in [0.25, 0.3) is 0 Å². The number of methoxy groups -OCH3 is 1. The number of rotatable bonds is 4. The molecular weight excluding hydrogens is 290 g/mol. The van der Waals surface area contributed by atoms with Gasteiger partial charge in [-0.05, 0) is 23.7 Å². The van der Waals surface area contributed by atoms with Crippen LogP contribution in [0.2, 0.25) is 5.28 Å². The van der Waals surface area contributed by atoms with E-state index in [-0.39, 0.29) is 10.2 Å². The number of nitrogens with one attached hydrogen (secondary N) is 1. The summed E-state index contributed by atoms with van der Waals surface area (Å²) in [5.74, 6) is 0.549. The first kappa shape index (κ1) is 13.6. The van der Waals surface area contributed by atoms with Crippen molar-refractivity contribution in [1.82, 2.24) is 9.97 Å². The van der Waals surface area contributed by atoms with Crippen LogP contribution in [0.4, 0.5) is 5.69 Å². The molecule has 0 radical (unpaired) electrons. The average molecular weight is 300 g/mol. The van der Waals surface area contributed by atoms with Gasteiger partial charge in [0, 0.05) is 6.07 Å². The largest absolute Gasteiger partial charge is 0.497 e. The first-order chi connectivity index (χ1) is 9.01. The number of aromatic nitrogens is 2. The van der Waals surface area contributed by atoms with E-state index in [1.165, 1.54) is 7.11 Å². The quantitative estimate of drug-likeness (QED) is 0.873. The molecule has 2 aromatic rings. The monoisotopic (exact) mass is 299 g/mol. The van der Waals surface area contributed by atoms with Crippen molar-refractivity contribution in [2.24, 2.45) is 0 Å². The number of hydrogen-bond donors (Lipinski definition) is 1. The predicted molar refractivity (Wildman–Crippen MR) is 70.8 cm³/mol. The molecule has 0 aliphatic rings. The van der Waals surface area contributed by atoms with E-state index in [1.807, 2.05) is 0 Å². The zero-order chi connectivity index (χ0) is 13.9. The molecule has 0 bridgehead atoms. The van der Waals surface area contributed by atoms with E-state index in [0.717, 1.165) is 12.4 Å². The van der Waals surface area contributed by atoms with Crippen LogP contribution in [0.15, 0.2) is 41.6 Å². The molecule has 0 amide bonds. The van der Waals surface area contributed by atoms with E-state index in [9.17, 15) is 8.42 Å². The minimum atomic E-state index is -3.74. The number of sulfonamides is 1. The third-order valence-corrected chi connectivity index (χ3v) is 3.76. The van der Waals surface area contributed by atoms with Gasteiger partial charge in [-0.25, -0.2) is 18.4 Å². The highest BCUT2D eigenvalue weighted by atomic mass is 35.5. The van der Waals surface area contributed by atoms with Gasteiger partial charge in [0.05, 0.1) is 25.2 Å². The second-order valence-corrected chi connectivity index (χ2v) is 5.55. The van der Waals surface area contributed by atoms with Crippen LogP contribution in [-0.2, 0) is 10.0 Å². The Bertz CT molecular complexity index is 674. The topological polar surface area (TPSA) is 81.2 Å². The van der Waals surface area contributed by atoms with Crippen molar-refractivity contribution < 1.29 is 13.2 Å². The number of ether oxygens (including phenoxy) is 1. The van der Waals surface area contributed by atoms with Gasteiger partial charge in [-0.1, -0.05) is 6.07 Å². The van der Waals surface area contributed by atoms with Crippen LogP contribution in [0, 0.1) is 0 Å². The van der Waals surface area contributed by atoms with Crippen LogP contribution in [0.1, 0.15) is 0 Å². The molecule has 1 N–H and O–H groups in total. The molecule has 0 spiro atoms. The molecule has 0 unspecified atom stereocenters. The summed E-state index contributed by atoms with van der Waals surface area (Å²) < 4.78 is 31.5. The SMILES string of the molecule is COc1cccc(NS(=O)(=O)c2cnc(Cl)nc2)c1. The maximum atomic E-state index is 12.0. The lowest BCUT2D eigenvalue weighted by Crippen LogP contribution is -2.13. The fourth-order valence-electron chi connectivity index (χ4n) is 1.34. The molecule has 0 saturated heterocycles. The standard InChI is InChI=1S/C11H10ClN3O3S/c1-18-9-4-2-3-8(5-9)15-19(16,17)10-6-13-11(12)14-7-10/h2-7,15H,1H3. The first-order valence-electron chi connectivity index (χ1n) is 5.16. The lowest BCUT2D eigenvalue weighted by atomic mass is 10.3. The van der Waals surface area contributed by atoms with E-state index in [4.69, 9.17) is 16.3 Å². The van der Waals surface area contributed by atoms with Crippen molar-refractivity contribution in [3.8, 4) is 5.75 Å². The second-order valence-electron chi connectivity index (χ2n) is 3.53. The summed E-state index contributed by atoms with van der Waals surface area (Å²) in [6.45, 7) is 0. The van der Waals surface area contributed by atoms with Crippen LogP contribution in [-0.4, -0.2) is 25.5 Å². The average Bonchev–Trinajstić information content (AvgIpc) is 2.39. The normalized spacial score (nSPS) is 11.1. The summed E-state index contributed by atoms with van der Waals surface area (Å²) in [5, 5.41) is -0.0136. The summed E-state index contributed by atoms with van der Waals surface area (Å²) in [7, 11) is -2.24. The summed E-state index contributed by atoms with van der Waals surface area (Å²) in [6, 6.07) is 6.56. The Labute approximate surface area is 115 Å². The highest BCUT2D eigenvalue weighted by Gasteiger charge is 2.15. The van der Waals surface area contributed by atoms with E-state index in [1.54, 1.807) is 24.3 Å². The lowest BCUT2D eigenvalue weighted by Gasteiger charge is -2.08. The molecule has 0 saturated carbocycles. The number of anilines is 1. The van der Waals surface area contributed by atoms with Crippen LogP contribution in [0.5, 0.6) is 5.75 Å². The van der Waals surface area contributed by atoms with E-state index in [0.29, 0.717) is 11.4 Å². The maximum absolute atomic E-state index is 12.0. The Morgan fingerprint density at radius 2 is 1.95 bits per heavy atom. The molecule has 1 aromatic carbocycles. The third kappa shape index (κ3) is 3.33. The fraction of sp³-hybridized carbons (Fsp3) is 0.0909. The highest BCUT2D eigenvalue weighted by molar-refractivity contribution is 7.92. The van der Waals surface area contributed by atoms with Gasteiger partial charge in [0.2, 0.25) is 5.28 Å². The van der Waals surface area contributed by atoms with Gasteiger partial charge in [0.25, 0.3) is 10.0 Å². The lowest BCUT2D eigenvalue weighted by molar-refractivity contribution is 0.415. The van der Waals surface area contributed by atoms with Crippen molar-refractivity contribution in [3.05, 3.63) is 41.9 Å². The fourth-order valence-corrected chi connectivity index (χ4v) is 2.38. The molecule has 2 rings (SSSR count). The minimum Gasteiger partial charge on any atom is -0.497 e. The smallest absolute Gasteiger partial charge is 0.264 e. The van der Waals surface area contributed by atoms with Gasteiger partial charge in [-0.3, -0.25) is 4.72 Å². The Hall–Kier alpha value is -1.86. The van der Waals surface area contributed by atoms with Gasteiger partial charge in [-0.2, -0.15) is 0 Å². The van der Waals surface area contributed by atoms with E-state index in [2.05, 4.69) is 14.7 Å². The summed E-state index contributed by atoms with van der Waals surface area (Å²) in [6.07, 6.45) is 2.27. The molecule has 0 aliphatic heterocycles. The van der Waals surface area contributed by atoms with Crippen molar-refractivity contribution in [2.75, 3.05) is 11.8 Å². The third-order valence-electron chi connectivity index (χ3n) is 2.23. The van der Waals surface area contributed by atoms with Crippen molar-refractivity contribution in [3.63, 3.8) is 0 Å². The summed E-state index contributed by atoms with van der Waals surface area (Å²) in [4.78, 5) is 7.19. The minimum absolute atomic E-state index is 0.0136. The van der Waals surface area contributed by atoms with Gasteiger partial charge in [-0.15, -0.1) is 0 Å². The van der Waals surface area contributed by atoms with Gasteiger partial charge in [0.1, 0.15) is 10.6 Å². The first-order valence-corrected chi connectivity index (χ1v) is 7.02. The summed E-state index contributed by atoms with van der Waals surface area (Å²) in [5.41, 5.74) is 0.384. The van der Waals surface area contributed by atoms with Crippen molar-refractivity contribution >= 4 is 27.3 Å². The molecule has 100 valence electrons. The molecule has 1 aromatic heterocycles. The molecule has 0 aliphatic carbocycles. The Morgan fingerprint density at radius 1 is 1.26 bits per heavy atom. The van der Waals surface area contributed by atoms with Gasteiger partial charge in [0.15, 0.2) is 0 Å². The predicted octanol–water partition coefficient (Wildman–Crippen LogP) is 1.94. The Morgan fingerprint density at radius 3 is 2.58 bits per heavy atom. The van der Waals surface area contributed by atoms with Crippen LogP contribution < -0.4 is 9.46 Å². The molecule has 1 heterocycles. The van der Waals surface area contributed by atoms with Gasteiger partial charge >= 0.3 is 0 Å². The number of hydrogen-bond acceptors (Lipinski definition) is 5. The van der Waals surface area contributed by atoms with E-state index < -0.39 is 10.0 Å². The second kappa shape index (κ2) is 5.41. The molecule has 0 fully saturated rings. The molecule has 19 heavy (non-hydrogen) atoms. The maximum Gasteiger partial charge on any atom is 0.264 e. The number of nitrogens with zero attached hydrogens (tertiary/aromatic N) is 2. The molecule has 6 nitrogen and oxygen atoms in total. The highest BCUT2D eigenvalue weighted by Crippen LogP contribution is 2.20. The van der Waals surface area contributed by atoms with Crippen LogP contribution >= 0.6 is 11.6 Å². The zero-order valence-electron chi connectivity index (χ0n) is 9.87. The molecule has 0 atom stereocenters. The molecular formula is C11H10ClN3O3S. The van der Waals surface area contributed by atoms with E-state index >= 15 is 0 Å². The zero-order valence-corrected chi connectivity index (χ0v) is 11.4.